The summed E-state index contributed by atoms with van der Waals surface area (Å²) in [6.45, 7) is 11.3. The predicted molar refractivity (Wildman–Crippen MR) is 176 cm³/mol. The molecule has 4 saturated heterocycles. The number of hydrogen-bond acceptors (Lipinski definition) is 7. The maximum atomic E-state index is 14.3. The number of nitrogens with one attached hydrogen (secondary N) is 1. The number of Topliss-reactive ketones (excluding diaryl/α,β-unsaturated/α-hetero) is 1. The largest absolute Gasteiger partial charge is 0.346 e. The zero-order valence-corrected chi connectivity index (χ0v) is 28.0. The SMILES string of the molecule is Cc1cc(C)cc(-c2[nH]c3sc(C(C)(C)C(=O)N4C5CCC4CC5)cc3c2C(=O)CN2CCC(N3CCS(=O)(=O)CC3)C2)c1. The fraction of sp³-hybridized carbons (Fsp3) is 0.588. The van der Waals surface area contributed by atoms with Crippen molar-refractivity contribution in [2.24, 2.45) is 0 Å². The number of H-pyrrole nitrogens is 1. The number of aromatic amines is 1. The second-order valence-corrected chi connectivity index (χ2v) is 17.5. The molecular weight excluding hydrogens is 593 g/mol. The van der Waals surface area contributed by atoms with Crippen LogP contribution in [0.4, 0.5) is 0 Å². The molecule has 1 atom stereocenters. The Morgan fingerprint density at radius 3 is 2.18 bits per heavy atom. The third kappa shape index (κ3) is 5.35. The average molecular weight is 637 g/mol. The molecule has 4 aliphatic heterocycles. The number of sulfone groups is 1. The first kappa shape index (κ1) is 30.1. The van der Waals surface area contributed by atoms with Gasteiger partial charge in [-0.25, -0.2) is 8.42 Å². The van der Waals surface area contributed by atoms with Gasteiger partial charge in [0.2, 0.25) is 5.91 Å². The molecule has 0 saturated carbocycles. The Hall–Kier alpha value is -2.53. The van der Waals surface area contributed by atoms with Gasteiger partial charge in [-0.2, -0.15) is 0 Å². The molecule has 1 aromatic carbocycles. The third-order valence-electron chi connectivity index (χ3n) is 10.6. The minimum atomic E-state index is -2.92. The van der Waals surface area contributed by atoms with E-state index < -0.39 is 15.3 Å². The summed E-state index contributed by atoms with van der Waals surface area (Å²) in [6.07, 6.45) is 5.40. The lowest BCUT2D eigenvalue weighted by atomic mass is 9.88. The smallest absolute Gasteiger partial charge is 0.233 e. The van der Waals surface area contributed by atoms with E-state index in [0.717, 1.165) is 82.7 Å². The number of fused-ring (bicyclic) bond motifs is 3. The molecule has 1 amide bonds. The second-order valence-electron chi connectivity index (χ2n) is 14.2. The molecular formula is C34H44N4O4S2. The summed E-state index contributed by atoms with van der Waals surface area (Å²) in [5.41, 5.74) is 4.21. The molecule has 4 fully saturated rings. The molecule has 7 rings (SSSR count). The molecule has 0 spiro atoms. The lowest BCUT2D eigenvalue weighted by molar-refractivity contribution is -0.137. The summed E-state index contributed by atoms with van der Waals surface area (Å²) in [6, 6.07) is 9.55. The predicted octanol–water partition coefficient (Wildman–Crippen LogP) is 4.93. The fourth-order valence-corrected chi connectivity index (χ4v) is 10.6. The molecule has 2 bridgehead atoms. The highest BCUT2D eigenvalue weighted by Gasteiger charge is 2.47. The molecule has 3 aromatic rings. The maximum absolute atomic E-state index is 14.3. The molecule has 236 valence electrons. The van der Waals surface area contributed by atoms with Gasteiger partial charge in [0.15, 0.2) is 15.6 Å². The van der Waals surface area contributed by atoms with Crippen LogP contribution < -0.4 is 0 Å². The molecule has 6 heterocycles. The van der Waals surface area contributed by atoms with Crippen LogP contribution in [0.2, 0.25) is 0 Å². The highest BCUT2D eigenvalue weighted by Crippen LogP contribution is 2.44. The van der Waals surface area contributed by atoms with Crippen LogP contribution in [0.1, 0.15) is 72.3 Å². The Kier molecular flexibility index (Phi) is 7.58. The molecule has 10 heteroatoms. The third-order valence-corrected chi connectivity index (χ3v) is 13.6. The molecule has 0 aliphatic carbocycles. The van der Waals surface area contributed by atoms with Crippen molar-refractivity contribution >= 4 is 43.1 Å². The number of amides is 1. The summed E-state index contributed by atoms with van der Waals surface area (Å²) < 4.78 is 23.9. The van der Waals surface area contributed by atoms with Crippen molar-refractivity contribution in [3.05, 3.63) is 45.8 Å². The van der Waals surface area contributed by atoms with Crippen LogP contribution in [0, 0.1) is 13.8 Å². The van der Waals surface area contributed by atoms with E-state index >= 15 is 0 Å². The minimum Gasteiger partial charge on any atom is -0.346 e. The summed E-state index contributed by atoms with van der Waals surface area (Å²) in [5, 5.41) is 0.909. The highest BCUT2D eigenvalue weighted by atomic mass is 32.2. The van der Waals surface area contributed by atoms with Gasteiger partial charge in [0, 0.05) is 54.6 Å². The molecule has 44 heavy (non-hydrogen) atoms. The van der Waals surface area contributed by atoms with E-state index in [2.05, 4.69) is 57.8 Å². The van der Waals surface area contributed by atoms with Crippen molar-refractivity contribution in [2.75, 3.05) is 44.2 Å². The number of aryl methyl sites for hydroxylation is 2. The van der Waals surface area contributed by atoms with Gasteiger partial charge >= 0.3 is 0 Å². The van der Waals surface area contributed by atoms with Crippen LogP contribution in [-0.2, 0) is 20.0 Å². The van der Waals surface area contributed by atoms with Crippen molar-refractivity contribution in [3.63, 3.8) is 0 Å². The van der Waals surface area contributed by atoms with Crippen molar-refractivity contribution in [2.45, 2.75) is 83.3 Å². The number of likely N-dealkylation sites (tertiary alicyclic amines) is 1. The normalized spacial score (nSPS) is 25.8. The van der Waals surface area contributed by atoms with Crippen LogP contribution in [0.5, 0.6) is 0 Å². The first-order valence-electron chi connectivity index (χ1n) is 16.2. The number of carbonyl (C=O) groups is 2. The van der Waals surface area contributed by atoms with Crippen LogP contribution in [0.3, 0.4) is 0 Å². The van der Waals surface area contributed by atoms with Gasteiger partial charge in [-0.05, 0) is 83.6 Å². The van der Waals surface area contributed by atoms with Crippen molar-refractivity contribution in [3.8, 4) is 11.3 Å². The Labute approximate surface area is 264 Å². The Morgan fingerprint density at radius 1 is 0.909 bits per heavy atom. The second kappa shape index (κ2) is 11.1. The summed E-state index contributed by atoms with van der Waals surface area (Å²) in [5.74, 6) is 0.740. The molecule has 1 N–H and O–H groups in total. The van der Waals surface area contributed by atoms with Crippen molar-refractivity contribution < 1.29 is 18.0 Å². The van der Waals surface area contributed by atoms with Crippen LogP contribution in [0.25, 0.3) is 21.5 Å². The molecule has 1 unspecified atom stereocenters. The first-order valence-corrected chi connectivity index (χ1v) is 18.8. The van der Waals surface area contributed by atoms with E-state index in [1.54, 1.807) is 11.3 Å². The fourth-order valence-electron chi connectivity index (χ4n) is 8.21. The van der Waals surface area contributed by atoms with Crippen molar-refractivity contribution in [1.29, 1.82) is 0 Å². The van der Waals surface area contributed by atoms with Gasteiger partial charge < -0.3 is 9.88 Å². The molecule has 0 radical (unpaired) electrons. The molecule has 4 aliphatic rings. The van der Waals surface area contributed by atoms with Gasteiger partial charge in [-0.1, -0.05) is 17.2 Å². The number of rotatable bonds is 7. The lowest BCUT2D eigenvalue weighted by Crippen LogP contribution is -2.47. The van der Waals surface area contributed by atoms with Crippen LogP contribution in [0.15, 0.2) is 24.3 Å². The highest BCUT2D eigenvalue weighted by molar-refractivity contribution is 7.91. The number of hydrogen-bond donors (Lipinski definition) is 1. The van der Waals surface area contributed by atoms with Crippen molar-refractivity contribution in [1.82, 2.24) is 19.7 Å². The number of carbonyl (C=O) groups excluding carboxylic acids is 2. The Balaban J connectivity index is 1.18. The van der Waals surface area contributed by atoms with Crippen LogP contribution in [-0.4, -0.2) is 102 Å². The van der Waals surface area contributed by atoms with E-state index in [4.69, 9.17) is 0 Å². The summed E-state index contributed by atoms with van der Waals surface area (Å²) in [4.78, 5) is 40.5. The van der Waals surface area contributed by atoms with Gasteiger partial charge in [0.1, 0.15) is 4.83 Å². The molecule has 8 nitrogen and oxygen atoms in total. The minimum absolute atomic E-state index is 0.0818. The lowest BCUT2D eigenvalue weighted by Gasteiger charge is -2.32. The van der Waals surface area contributed by atoms with E-state index in [9.17, 15) is 18.0 Å². The Bertz CT molecular complexity index is 1680. The molecule has 2 aromatic heterocycles. The quantitative estimate of drug-likeness (QED) is 0.370. The van der Waals surface area contributed by atoms with Gasteiger partial charge in [0.05, 0.1) is 34.7 Å². The van der Waals surface area contributed by atoms with E-state index in [0.29, 0.717) is 37.3 Å². The Morgan fingerprint density at radius 2 is 1.55 bits per heavy atom. The van der Waals surface area contributed by atoms with E-state index in [-0.39, 0.29) is 29.2 Å². The first-order chi connectivity index (χ1) is 20.9. The monoisotopic (exact) mass is 636 g/mol. The zero-order chi connectivity index (χ0) is 31.0. The van der Waals surface area contributed by atoms with Gasteiger partial charge in [0.25, 0.3) is 0 Å². The average Bonchev–Trinajstić information content (AvgIpc) is 3.78. The number of benzene rings is 1. The van der Waals surface area contributed by atoms with Gasteiger partial charge in [-0.15, -0.1) is 11.3 Å². The topological polar surface area (TPSA) is 93.8 Å². The summed E-state index contributed by atoms with van der Waals surface area (Å²) >= 11 is 1.61. The maximum Gasteiger partial charge on any atom is 0.233 e. The summed E-state index contributed by atoms with van der Waals surface area (Å²) in [7, 11) is -2.92. The number of nitrogens with zero attached hydrogens (tertiary/aromatic N) is 3. The van der Waals surface area contributed by atoms with E-state index in [1.165, 1.54) is 0 Å². The number of ketones is 1. The standard InChI is InChI=1S/C34H44N4O4S2/c1-21-15-22(2)17-23(16-21)31-30(28(39)20-36-10-9-26(19-36)37-11-13-44(41,42)14-12-37)27-18-29(43-32(27)35-31)34(3,4)33(40)38-24-5-6-25(38)8-7-24/h15-18,24-26,35H,5-14,19-20H2,1-4H3. The number of aromatic nitrogens is 1. The van der Waals surface area contributed by atoms with E-state index in [1.807, 2.05) is 13.8 Å². The number of thiophene rings is 1. The van der Waals surface area contributed by atoms with Crippen LogP contribution >= 0.6 is 11.3 Å². The zero-order valence-electron chi connectivity index (χ0n) is 26.3. The van der Waals surface area contributed by atoms with Gasteiger partial charge in [-0.3, -0.25) is 19.4 Å².